The second kappa shape index (κ2) is 58.4. The smallest absolute Gasteiger partial charge is 0.306 e. The number of hydrogen-bond donors (Lipinski definition) is 0. The monoisotopic (exact) mass is 977 g/mol. The molecule has 0 bridgehead atoms. The van der Waals surface area contributed by atoms with Gasteiger partial charge in [-0.2, -0.15) is 0 Å². The third-order valence-corrected chi connectivity index (χ3v) is 12.9. The molecule has 0 aliphatic heterocycles. The second-order valence-electron chi connectivity index (χ2n) is 19.9. The van der Waals surface area contributed by atoms with E-state index in [1.54, 1.807) is 0 Å². The lowest BCUT2D eigenvalue weighted by Crippen LogP contribution is -2.30. The van der Waals surface area contributed by atoms with Gasteiger partial charge in [0, 0.05) is 19.3 Å². The third kappa shape index (κ3) is 55.8. The first kappa shape index (κ1) is 66.9. The zero-order chi connectivity index (χ0) is 50.7. The molecule has 0 aliphatic rings. The fourth-order valence-electron chi connectivity index (χ4n) is 8.47. The summed E-state index contributed by atoms with van der Waals surface area (Å²) in [6.45, 7) is 6.51. The van der Waals surface area contributed by atoms with Gasteiger partial charge in [0.15, 0.2) is 6.10 Å². The summed E-state index contributed by atoms with van der Waals surface area (Å²) in [5.74, 6) is -0.899. The second-order valence-corrected chi connectivity index (χ2v) is 19.9. The molecule has 1 atom stereocenters. The van der Waals surface area contributed by atoms with Gasteiger partial charge in [-0.1, -0.05) is 261 Å². The van der Waals surface area contributed by atoms with Crippen molar-refractivity contribution in [3.63, 3.8) is 0 Å². The predicted octanol–water partition coefficient (Wildman–Crippen LogP) is 20.2. The lowest BCUT2D eigenvalue weighted by atomic mass is 10.0. The predicted molar refractivity (Wildman–Crippen MR) is 302 cm³/mol. The largest absolute Gasteiger partial charge is 0.462 e. The number of carbonyl (C=O) groups excluding carboxylic acids is 3. The van der Waals surface area contributed by atoms with Crippen LogP contribution in [-0.2, 0) is 28.6 Å². The molecule has 70 heavy (non-hydrogen) atoms. The first-order valence-corrected chi connectivity index (χ1v) is 29.9. The van der Waals surface area contributed by atoms with Crippen LogP contribution in [0, 0.1) is 0 Å². The Kier molecular flexibility index (Phi) is 55.8. The Morgan fingerprint density at radius 2 is 0.557 bits per heavy atom. The quantitative estimate of drug-likeness (QED) is 0.0261. The minimum atomic E-state index is -0.785. The van der Waals surface area contributed by atoms with Crippen LogP contribution >= 0.6 is 0 Å². The summed E-state index contributed by atoms with van der Waals surface area (Å²) in [6, 6.07) is 0. The number of rotatable bonds is 54. The topological polar surface area (TPSA) is 78.9 Å². The van der Waals surface area contributed by atoms with Gasteiger partial charge in [0.05, 0.1) is 0 Å². The molecule has 1 unspecified atom stereocenters. The average molecular weight is 978 g/mol. The van der Waals surface area contributed by atoms with Gasteiger partial charge < -0.3 is 14.2 Å². The van der Waals surface area contributed by atoms with Crippen LogP contribution in [-0.4, -0.2) is 37.2 Å². The van der Waals surface area contributed by atoms with Crippen molar-refractivity contribution < 1.29 is 28.6 Å². The molecule has 0 fully saturated rings. The number of ether oxygens (including phenoxy) is 3. The highest BCUT2D eigenvalue weighted by atomic mass is 16.6. The molecule has 0 aromatic heterocycles. The van der Waals surface area contributed by atoms with Crippen molar-refractivity contribution in [1.82, 2.24) is 0 Å². The summed E-state index contributed by atoms with van der Waals surface area (Å²) >= 11 is 0. The van der Waals surface area contributed by atoms with E-state index in [1.807, 2.05) is 0 Å². The van der Waals surface area contributed by atoms with E-state index in [2.05, 4.69) is 93.7 Å². The van der Waals surface area contributed by atoms with Gasteiger partial charge in [-0.05, 0) is 89.9 Å². The molecule has 6 nitrogen and oxygen atoms in total. The lowest BCUT2D eigenvalue weighted by Gasteiger charge is -2.18. The van der Waals surface area contributed by atoms with Crippen LogP contribution < -0.4 is 0 Å². The van der Waals surface area contributed by atoms with Crippen LogP contribution in [0.3, 0.4) is 0 Å². The summed E-state index contributed by atoms with van der Waals surface area (Å²) in [5.41, 5.74) is 0. The molecule has 0 heterocycles. The van der Waals surface area contributed by atoms with Crippen LogP contribution in [0.2, 0.25) is 0 Å². The highest BCUT2D eigenvalue weighted by molar-refractivity contribution is 5.71. The van der Waals surface area contributed by atoms with E-state index < -0.39 is 6.10 Å². The standard InChI is InChI=1S/C64H112O6/c1-4-7-10-13-16-19-22-25-27-29-31-32-34-35-37-39-42-45-48-51-54-57-63(66)69-60-61(59-68-62(65)56-53-50-47-44-41-24-21-18-15-12-9-6-3)70-64(67)58-55-52-49-46-43-40-38-36-33-30-28-26-23-20-17-14-11-8-5-2/h7,10,16,18-19,21,25,27,31-32,35,37,61H,4-6,8-9,11-15,17,20,22-24,26,28-30,33-34,36,38-60H2,1-3H3/b10-7-,19-16-,21-18-,27-25-,32-31-,37-35-. The van der Waals surface area contributed by atoms with Crippen LogP contribution in [0.15, 0.2) is 72.9 Å². The highest BCUT2D eigenvalue weighted by Crippen LogP contribution is 2.16. The van der Waals surface area contributed by atoms with Crippen molar-refractivity contribution in [1.29, 1.82) is 0 Å². The molecule has 0 amide bonds. The minimum absolute atomic E-state index is 0.0838. The first-order valence-electron chi connectivity index (χ1n) is 29.9. The van der Waals surface area contributed by atoms with Crippen molar-refractivity contribution >= 4 is 17.9 Å². The number of unbranched alkanes of at least 4 members (excludes halogenated alkanes) is 31. The molecule has 0 N–H and O–H groups in total. The lowest BCUT2D eigenvalue weighted by molar-refractivity contribution is -0.167. The molecule has 0 radical (unpaired) electrons. The molecule has 0 saturated heterocycles. The van der Waals surface area contributed by atoms with Crippen LogP contribution in [0.25, 0.3) is 0 Å². The normalized spacial score (nSPS) is 12.6. The number of esters is 3. The fraction of sp³-hybridized carbons (Fsp3) is 0.766. The van der Waals surface area contributed by atoms with Crippen LogP contribution in [0.4, 0.5) is 0 Å². The maximum Gasteiger partial charge on any atom is 0.306 e. The van der Waals surface area contributed by atoms with Crippen molar-refractivity contribution in [2.24, 2.45) is 0 Å². The summed E-state index contributed by atoms with van der Waals surface area (Å²) in [4.78, 5) is 38.2. The Hall–Kier alpha value is -3.15. The summed E-state index contributed by atoms with van der Waals surface area (Å²) in [6.07, 6.45) is 74.7. The maximum absolute atomic E-state index is 12.9. The average Bonchev–Trinajstić information content (AvgIpc) is 3.36. The SMILES string of the molecule is CC/C=C\C/C=C\C/C=C\C/C=C\C/C=C\CCCCCCCC(=O)OCC(COC(=O)CCCCCCC/C=C\CCCCC)OC(=O)CCCCCCCCCCCCCCCCCCCCC. The van der Waals surface area contributed by atoms with Gasteiger partial charge >= 0.3 is 17.9 Å². The van der Waals surface area contributed by atoms with Gasteiger partial charge in [0.2, 0.25) is 0 Å². The minimum Gasteiger partial charge on any atom is -0.462 e. The van der Waals surface area contributed by atoms with Gasteiger partial charge in [0.1, 0.15) is 13.2 Å². The van der Waals surface area contributed by atoms with E-state index in [9.17, 15) is 14.4 Å². The molecule has 0 aromatic carbocycles. The molecule has 0 spiro atoms. The summed E-state index contributed by atoms with van der Waals surface area (Å²) < 4.78 is 16.9. The van der Waals surface area contributed by atoms with E-state index in [-0.39, 0.29) is 31.1 Å². The zero-order valence-corrected chi connectivity index (χ0v) is 46.3. The Labute approximate surface area is 433 Å². The van der Waals surface area contributed by atoms with Crippen molar-refractivity contribution in [3.05, 3.63) is 72.9 Å². The van der Waals surface area contributed by atoms with Gasteiger partial charge in [-0.15, -0.1) is 0 Å². The molecule has 0 aliphatic carbocycles. The van der Waals surface area contributed by atoms with Crippen molar-refractivity contribution in [2.75, 3.05) is 13.2 Å². The number of allylic oxidation sites excluding steroid dienone is 12. The summed E-state index contributed by atoms with van der Waals surface area (Å²) in [7, 11) is 0. The van der Waals surface area contributed by atoms with E-state index in [1.165, 1.54) is 141 Å². The van der Waals surface area contributed by atoms with E-state index in [0.717, 1.165) is 116 Å². The van der Waals surface area contributed by atoms with E-state index >= 15 is 0 Å². The number of carbonyl (C=O) groups is 3. The molecule has 0 aromatic rings. The Morgan fingerprint density at radius 1 is 0.300 bits per heavy atom. The van der Waals surface area contributed by atoms with Crippen LogP contribution in [0.5, 0.6) is 0 Å². The van der Waals surface area contributed by atoms with Gasteiger partial charge in [0.25, 0.3) is 0 Å². The van der Waals surface area contributed by atoms with E-state index in [0.29, 0.717) is 19.3 Å². The first-order chi connectivity index (χ1) is 34.5. The molecular formula is C64H112O6. The molecule has 6 heteroatoms. The summed E-state index contributed by atoms with van der Waals surface area (Å²) in [5, 5.41) is 0. The van der Waals surface area contributed by atoms with E-state index in [4.69, 9.17) is 14.2 Å². The Bertz CT molecular complexity index is 1310. The number of hydrogen-bond acceptors (Lipinski definition) is 6. The molecule has 0 rings (SSSR count). The third-order valence-electron chi connectivity index (χ3n) is 12.9. The van der Waals surface area contributed by atoms with Gasteiger partial charge in [-0.3, -0.25) is 14.4 Å². The Balaban J connectivity index is 4.36. The zero-order valence-electron chi connectivity index (χ0n) is 46.3. The van der Waals surface area contributed by atoms with Crippen molar-refractivity contribution in [3.8, 4) is 0 Å². The molecule has 404 valence electrons. The Morgan fingerprint density at radius 3 is 0.914 bits per heavy atom. The maximum atomic E-state index is 12.9. The highest BCUT2D eigenvalue weighted by Gasteiger charge is 2.19. The van der Waals surface area contributed by atoms with Crippen LogP contribution in [0.1, 0.15) is 297 Å². The fourth-order valence-corrected chi connectivity index (χ4v) is 8.47. The molecule has 0 saturated carbocycles. The molecular weight excluding hydrogens is 865 g/mol. The van der Waals surface area contributed by atoms with Gasteiger partial charge in [-0.25, -0.2) is 0 Å². The van der Waals surface area contributed by atoms with Crippen molar-refractivity contribution in [2.45, 2.75) is 303 Å².